The number of rotatable bonds is 12. The molecule has 0 unspecified atom stereocenters. The van der Waals surface area contributed by atoms with Gasteiger partial charge in [0.05, 0.1) is 19.3 Å². The van der Waals surface area contributed by atoms with Crippen molar-refractivity contribution >= 4 is 0 Å². The lowest BCUT2D eigenvalue weighted by molar-refractivity contribution is 0.0502. The van der Waals surface area contributed by atoms with Crippen LogP contribution in [0.2, 0.25) is 0 Å². The summed E-state index contributed by atoms with van der Waals surface area (Å²) in [6, 6.07) is 9.43. The maximum atomic E-state index is 6.02. The number of hydrogen-bond acceptors (Lipinski definition) is 3. The first-order valence-electron chi connectivity index (χ1n) is 9.73. The Morgan fingerprint density at radius 3 is 2.46 bits per heavy atom. The molecule has 1 heterocycles. The SMILES string of the molecule is CCCCCCCCc1ccc(CO[C@@H]2CN[C@@H](COC)C2)cc1. The number of hydrogen-bond donors (Lipinski definition) is 1. The number of aryl methyl sites for hydroxylation is 1. The summed E-state index contributed by atoms with van der Waals surface area (Å²) in [6.45, 7) is 4.69. The second-order valence-corrected chi connectivity index (χ2v) is 7.06. The maximum Gasteiger partial charge on any atom is 0.0721 e. The molecule has 1 aliphatic heterocycles. The zero-order valence-corrected chi connectivity index (χ0v) is 15.6. The average Bonchev–Trinajstić information content (AvgIpc) is 3.05. The van der Waals surface area contributed by atoms with Gasteiger partial charge in [-0.05, 0) is 30.4 Å². The topological polar surface area (TPSA) is 30.5 Å². The molecule has 24 heavy (non-hydrogen) atoms. The molecule has 0 aromatic heterocycles. The summed E-state index contributed by atoms with van der Waals surface area (Å²) in [4.78, 5) is 0. The van der Waals surface area contributed by atoms with Gasteiger partial charge in [0.1, 0.15) is 0 Å². The molecule has 0 bridgehead atoms. The monoisotopic (exact) mass is 333 g/mol. The van der Waals surface area contributed by atoms with Crippen LogP contribution in [0.5, 0.6) is 0 Å². The molecule has 0 saturated carbocycles. The summed E-state index contributed by atoms with van der Waals surface area (Å²) in [5, 5.41) is 3.44. The van der Waals surface area contributed by atoms with Gasteiger partial charge in [-0.2, -0.15) is 0 Å². The maximum absolute atomic E-state index is 6.02. The molecule has 1 N–H and O–H groups in total. The highest BCUT2D eigenvalue weighted by Gasteiger charge is 2.24. The van der Waals surface area contributed by atoms with Crippen LogP contribution < -0.4 is 5.32 Å². The van der Waals surface area contributed by atoms with Gasteiger partial charge < -0.3 is 14.8 Å². The van der Waals surface area contributed by atoms with Gasteiger partial charge in [-0.25, -0.2) is 0 Å². The van der Waals surface area contributed by atoms with Crippen molar-refractivity contribution in [1.29, 1.82) is 0 Å². The molecule has 3 heteroatoms. The van der Waals surface area contributed by atoms with Crippen molar-refractivity contribution in [1.82, 2.24) is 5.32 Å². The number of benzene rings is 1. The fourth-order valence-corrected chi connectivity index (χ4v) is 3.36. The van der Waals surface area contributed by atoms with Crippen LogP contribution in [0.15, 0.2) is 24.3 Å². The average molecular weight is 334 g/mol. The van der Waals surface area contributed by atoms with E-state index in [0.717, 1.165) is 19.6 Å². The Morgan fingerprint density at radius 2 is 1.71 bits per heavy atom. The van der Waals surface area contributed by atoms with Crippen molar-refractivity contribution in [3.8, 4) is 0 Å². The van der Waals surface area contributed by atoms with Crippen LogP contribution in [-0.2, 0) is 22.5 Å². The largest absolute Gasteiger partial charge is 0.383 e. The Hall–Kier alpha value is -0.900. The molecule has 2 rings (SSSR count). The Bertz CT molecular complexity index is 432. The molecule has 3 nitrogen and oxygen atoms in total. The van der Waals surface area contributed by atoms with Crippen LogP contribution >= 0.6 is 0 Å². The van der Waals surface area contributed by atoms with Gasteiger partial charge in [0.25, 0.3) is 0 Å². The first-order valence-corrected chi connectivity index (χ1v) is 9.73. The predicted octanol–water partition coefficient (Wildman–Crippen LogP) is 4.48. The van der Waals surface area contributed by atoms with Crippen LogP contribution in [-0.4, -0.2) is 32.4 Å². The minimum Gasteiger partial charge on any atom is -0.383 e. The van der Waals surface area contributed by atoms with Gasteiger partial charge in [0, 0.05) is 19.7 Å². The molecule has 1 saturated heterocycles. The van der Waals surface area contributed by atoms with Crippen molar-refractivity contribution in [3.63, 3.8) is 0 Å². The molecule has 1 aromatic rings. The van der Waals surface area contributed by atoms with Crippen LogP contribution in [0.4, 0.5) is 0 Å². The number of ether oxygens (including phenoxy) is 2. The second kappa shape index (κ2) is 11.6. The Balaban J connectivity index is 1.60. The third kappa shape index (κ3) is 7.33. The summed E-state index contributed by atoms with van der Waals surface area (Å²) in [6.07, 6.45) is 10.7. The molecule has 0 amide bonds. The smallest absolute Gasteiger partial charge is 0.0721 e. The molecule has 1 aromatic carbocycles. The molecule has 0 spiro atoms. The molecule has 1 fully saturated rings. The first kappa shape index (κ1) is 19.4. The molecular weight excluding hydrogens is 298 g/mol. The van der Waals surface area contributed by atoms with Crippen molar-refractivity contribution < 1.29 is 9.47 Å². The molecule has 2 atom stereocenters. The third-order valence-corrected chi connectivity index (χ3v) is 4.88. The Morgan fingerprint density at radius 1 is 1.00 bits per heavy atom. The van der Waals surface area contributed by atoms with Crippen LogP contribution in [0, 0.1) is 0 Å². The number of unbranched alkanes of at least 4 members (excludes halogenated alkanes) is 5. The van der Waals surface area contributed by atoms with E-state index >= 15 is 0 Å². The summed E-state index contributed by atoms with van der Waals surface area (Å²) < 4.78 is 11.2. The highest BCUT2D eigenvalue weighted by molar-refractivity contribution is 5.22. The van der Waals surface area contributed by atoms with E-state index in [1.165, 1.54) is 56.1 Å². The number of methoxy groups -OCH3 is 1. The quantitative estimate of drug-likeness (QED) is 0.572. The van der Waals surface area contributed by atoms with E-state index in [1.807, 2.05) is 0 Å². The molecule has 136 valence electrons. The second-order valence-electron chi connectivity index (χ2n) is 7.06. The van der Waals surface area contributed by atoms with Crippen LogP contribution in [0.25, 0.3) is 0 Å². The van der Waals surface area contributed by atoms with Gasteiger partial charge in [-0.15, -0.1) is 0 Å². The lowest BCUT2D eigenvalue weighted by atomic mass is 10.0. The van der Waals surface area contributed by atoms with Crippen LogP contribution in [0.3, 0.4) is 0 Å². The summed E-state index contributed by atoms with van der Waals surface area (Å²) in [5.41, 5.74) is 2.73. The predicted molar refractivity (Wildman–Crippen MR) is 100 cm³/mol. The summed E-state index contributed by atoms with van der Waals surface area (Å²) in [5.74, 6) is 0. The van der Waals surface area contributed by atoms with E-state index in [9.17, 15) is 0 Å². The van der Waals surface area contributed by atoms with Gasteiger partial charge in [-0.1, -0.05) is 63.3 Å². The van der Waals surface area contributed by atoms with Gasteiger partial charge in [0.2, 0.25) is 0 Å². The van der Waals surface area contributed by atoms with Crippen LogP contribution in [0.1, 0.15) is 63.0 Å². The van der Waals surface area contributed by atoms with E-state index in [-0.39, 0.29) is 0 Å². The summed E-state index contributed by atoms with van der Waals surface area (Å²) in [7, 11) is 1.75. The molecular formula is C21H35NO2. The molecule has 0 radical (unpaired) electrons. The van der Waals surface area contributed by atoms with E-state index in [0.29, 0.717) is 18.8 Å². The van der Waals surface area contributed by atoms with Crippen molar-refractivity contribution in [2.45, 2.75) is 77.0 Å². The summed E-state index contributed by atoms with van der Waals surface area (Å²) >= 11 is 0. The highest BCUT2D eigenvalue weighted by atomic mass is 16.5. The van der Waals surface area contributed by atoms with Crippen molar-refractivity contribution in [3.05, 3.63) is 35.4 Å². The number of nitrogens with one attached hydrogen (secondary N) is 1. The van der Waals surface area contributed by atoms with Gasteiger partial charge >= 0.3 is 0 Å². The minimum absolute atomic E-state index is 0.313. The fourth-order valence-electron chi connectivity index (χ4n) is 3.36. The van der Waals surface area contributed by atoms with Crippen molar-refractivity contribution in [2.24, 2.45) is 0 Å². The van der Waals surface area contributed by atoms with Gasteiger partial charge in [0.15, 0.2) is 0 Å². The highest BCUT2D eigenvalue weighted by Crippen LogP contribution is 2.15. The molecule has 1 aliphatic rings. The van der Waals surface area contributed by atoms with E-state index in [4.69, 9.17) is 9.47 Å². The van der Waals surface area contributed by atoms with E-state index < -0.39 is 0 Å². The minimum atomic E-state index is 0.313. The third-order valence-electron chi connectivity index (χ3n) is 4.88. The standard InChI is InChI=1S/C21H35NO2/c1-3-4-5-6-7-8-9-18-10-12-19(13-11-18)16-24-21-14-20(17-23-2)22-15-21/h10-13,20-22H,3-9,14-17H2,1-2H3/t20-,21+/m1/s1. The first-order chi connectivity index (χ1) is 11.8. The Labute approximate surface area is 148 Å². The molecule has 0 aliphatic carbocycles. The van der Waals surface area contributed by atoms with E-state index in [2.05, 4.69) is 36.5 Å². The Kier molecular flexibility index (Phi) is 9.40. The van der Waals surface area contributed by atoms with E-state index in [1.54, 1.807) is 7.11 Å². The lowest BCUT2D eigenvalue weighted by Crippen LogP contribution is -2.25. The zero-order valence-electron chi connectivity index (χ0n) is 15.6. The van der Waals surface area contributed by atoms with Gasteiger partial charge in [-0.3, -0.25) is 0 Å². The normalized spacial score (nSPS) is 20.6. The fraction of sp³-hybridized carbons (Fsp3) is 0.714. The zero-order chi connectivity index (χ0) is 17.0. The van der Waals surface area contributed by atoms with Crippen molar-refractivity contribution in [2.75, 3.05) is 20.3 Å². The lowest BCUT2D eigenvalue weighted by Gasteiger charge is -2.12.